The van der Waals surface area contributed by atoms with Gasteiger partial charge in [0.05, 0.1) is 6.26 Å². The van der Waals surface area contributed by atoms with Gasteiger partial charge < -0.3 is 9.73 Å². The average molecular weight is 179 g/mol. The van der Waals surface area contributed by atoms with Gasteiger partial charge in [-0.15, -0.1) is 0 Å². The summed E-state index contributed by atoms with van der Waals surface area (Å²) in [7, 11) is 0. The second-order valence-corrected chi connectivity index (χ2v) is 3.96. The number of nitrogens with one attached hydrogen (secondary N) is 1. The Labute approximate surface area is 79.3 Å². The van der Waals surface area contributed by atoms with Crippen LogP contribution in [0, 0.1) is 5.92 Å². The molecule has 1 N–H and O–H groups in total. The molecule has 0 amide bonds. The highest BCUT2D eigenvalue weighted by Gasteiger charge is 2.21. The van der Waals surface area contributed by atoms with Crippen LogP contribution < -0.4 is 5.32 Å². The van der Waals surface area contributed by atoms with Gasteiger partial charge in [0.25, 0.3) is 0 Å². The lowest BCUT2D eigenvalue weighted by Crippen LogP contribution is -2.29. The fraction of sp³-hybridized carbons (Fsp3) is 0.636. The molecule has 0 spiro atoms. The number of furan rings is 1. The van der Waals surface area contributed by atoms with Gasteiger partial charge in [0.1, 0.15) is 5.76 Å². The van der Waals surface area contributed by atoms with Crippen LogP contribution in [0.2, 0.25) is 0 Å². The smallest absolute Gasteiger partial charge is 0.104 e. The van der Waals surface area contributed by atoms with Crippen molar-refractivity contribution in [2.24, 2.45) is 5.92 Å². The van der Waals surface area contributed by atoms with Gasteiger partial charge in [0.2, 0.25) is 0 Å². The van der Waals surface area contributed by atoms with E-state index in [-0.39, 0.29) is 0 Å². The molecule has 2 rings (SSSR count). The molecule has 0 aromatic carbocycles. The van der Waals surface area contributed by atoms with E-state index >= 15 is 0 Å². The van der Waals surface area contributed by atoms with Gasteiger partial charge >= 0.3 is 0 Å². The van der Waals surface area contributed by atoms with Crippen LogP contribution in [-0.4, -0.2) is 12.6 Å². The highest BCUT2D eigenvalue weighted by molar-refractivity contribution is 5.00. The second kappa shape index (κ2) is 3.97. The quantitative estimate of drug-likeness (QED) is 0.769. The third-order valence-corrected chi connectivity index (χ3v) is 2.89. The van der Waals surface area contributed by atoms with Crippen molar-refractivity contribution in [3.63, 3.8) is 0 Å². The summed E-state index contributed by atoms with van der Waals surface area (Å²) in [6.07, 6.45) is 5.46. The first kappa shape index (κ1) is 8.82. The predicted molar refractivity (Wildman–Crippen MR) is 52.6 cm³/mol. The summed E-state index contributed by atoms with van der Waals surface area (Å²) in [5, 5.41) is 3.53. The first-order valence-corrected chi connectivity index (χ1v) is 5.12. The van der Waals surface area contributed by atoms with Crippen LogP contribution in [0.4, 0.5) is 0 Å². The summed E-state index contributed by atoms with van der Waals surface area (Å²) in [5.41, 5.74) is 0. The molecular formula is C11H17NO. The molecule has 1 saturated heterocycles. The third kappa shape index (κ3) is 2.13. The van der Waals surface area contributed by atoms with Crippen LogP contribution in [0.5, 0.6) is 0 Å². The summed E-state index contributed by atoms with van der Waals surface area (Å²) >= 11 is 0. The molecule has 1 aromatic heterocycles. The van der Waals surface area contributed by atoms with E-state index in [2.05, 4.69) is 18.3 Å². The van der Waals surface area contributed by atoms with Gasteiger partial charge in [-0.25, -0.2) is 0 Å². The Hall–Kier alpha value is -0.760. The first-order chi connectivity index (χ1) is 6.36. The summed E-state index contributed by atoms with van der Waals surface area (Å²) in [6.45, 7) is 3.48. The maximum Gasteiger partial charge on any atom is 0.104 e. The maximum absolute atomic E-state index is 5.34. The molecule has 2 atom stereocenters. The molecule has 2 nitrogen and oxygen atoms in total. The maximum atomic E-state index is 5.34. The molecule has 72 valence electrons. The van der Waals surface area contributed by atoms with E-state index in [1.807, 2.05) is 6.07 Å². The molecule has 13 heavy (non-hydrogen) atoms. The highest BCUT2D eigenvalue weighted by Crippen LogP contribution is 2.18. The number of rotatable bonds is 3. The van der Waals surface area contributed by atoms with Crippen molar-refractivity contribution >= 4 is 0 Å². The summed E-state index contributed by atoms with van der Waals surface area (Å²) in [5.74, 6) is 1.80. The van der Waals surface area contributed by atoms with Crippen molar-refractivity contribution < 1.29 is 4.42 Å². The summed E-state index contributed by atoms with van der Waals surface area (Å²) in [4.78, 5) is 0. The van der Waals surface area contributed by atoms with Crippen molar-refractivity contribution in [3.05, 3.63) is 24.2 Å². The van der Waals surface area contributed by atoms with E-state index < -0.39 is 0 Å². The Morgan fingerprint density at radius 2 is 2.62 bits per heavy atom. The summed E-state index contributed by atoms with van der Waals surface area (Å²) in [6, 6.07) is 4.72. The van der Waals surface area contributed by atoms with Crippen LogP contribution in [0.15, 0.2) is 22.8 Å². The lowest BCUT2D eigenvalue weighted by molar-refractivity contribution is 0.381. The number of hydrogen-bond donors (Lipinski definition) is 1. The van der Waals surface area contributed by atoms with Crippen LogP contribution >= 0.6 is 0 Å². The lowest BCUT2D eigenvalue weighted by Gasteiger charge is -2.17. The number of hydrogen-bond acceptors (Lipinski definition) is 2. The molecule has 1 aromatic rings. The van der Waals surface area contributed by atoms with Crippen molar-refractivity contribution in [2.45, 2.75) is 32.2 Å². The van der Waals surface area contributed by atoms with Gasteiger partial charge in [0, 0.05) is 12.5 Å². The van der Waals surface area contributed by atoms with E-state index in [9.17, 15) is 0 Å². The molecule has 0 radical (unpaired) electrons. The fourth-order valence-electron chi connectivity index (χ4n) is 2.09. The van der Waals surface area contributed by atoms with Crippen molar-refractivity contribution in [1.82, 2.24) is 5.32 Å². The minimum Gasteiger partial charge on any atom is -0.469 e. The minimum absolute atomic E-state index is 0.689. The highest BCUT2D eigenvalue weighted by atomic mass is 16.3. The minimum atomic E-state index is 0.689. The first-order valence-electron chi connectivity index (χ1n) is 5.12. The largest absolute Gasteiger partial charge is 0.469 e. The van der Waals surface area contributed by atoms with Crippen LogP contribution in [0.3, 0.4) is 0 Å². The van der Waals surface area contributed by atoms with Crippen LogP contribution in [-0.2, 0) is 6.42 Å². The van der Waals surface area contributed by atoms with Crippen LogP contribution in [0.1, 0.15) is 25.5 Å². The Balaban J connectivity index is 1.87. The molecule has 2 heterocycles. The fourth-order valence-corrected chi connectivity index (χ4v) is 2.09. The van der Waals surface area contributed by atoms with Crippen molar-refractivity contribution in [3.8, 4) is 0 Å². The predicted octanol–water partition coefficient (Wildman–Crippen LogP) is 2.21. The zero-order chi connectivity index (χ0) is 9.10. The van der Waals surface area contributed by atoms with Gasteiger partial charge in [-0.1, -0.05) is 6.92 Å². The van der Waals surface area contributed by atoms with Crippen molar-refractivity contribution in [2.75, 3.05) is 6.54 Å². The Morgan fingerprint density at radius 3 is 3.23 bits per heavy atom. The zero-order valence-electron chi connectivity index (χ0n) is 8.12. The molecule has 0 bridgehead atoms. The monoisotopic (exact) mass is 179 g/mol. The SMILES string of the molecule is CC(Cc1ccco1)C1CCCN1. The van der Waals surface area contributed by atoms with E-state index in [4.69, 9.17) is 4.42 Å². The molecule has 0 aliphatic carbocycles. The molecule has 0 saturated carbocycles. The average Bonchev–Trinajstić information content (AvgIpc) is 2.74. The Morgan fingerprint density at radius 1 is 1.69 bits per heavy atom. The Bertz CT molecular complexity index is 237. The van der Waals surface area contributed by atoms with E-state index in [0.29, 0.717) is 12.0 Å². The standard InChI is InChI=1S/C11H17NO/c1-9(11-5-2-6-12-11)8-10-4-3-7-13-10/h3-4,7,9,11-12H,2,5-6,8H2,1H3. The van der Waals surface area contributed by atoms with Gasteiger partial charge in [-0.05, 0) is 37.4 Å². The van der Waals surface area contributed by atoms with Crippen molar-refractivity contribution in [1.29, 1.82) is 0 Å². The second-order valence-electron chi connectivity index (χ2n) is 3.96. The third-order valence-electron chi connectivity index (χ3n) is 2.89. The Kier molecular flexibility index (Phi) is 2.69. The topological polar surface area (TPSA) is 25.2 Å². The van der Waals surface area contributed by atoms with Gasteiger partial charge in [-0.3, -0.25) is 0 Å². The van der Waals surface area contributed by atoms with Gasteiger partial charge in [-0.2, -0.15) is 0 Å². The molecule has 1 fully saturated rings. The van der Waals surface area contributed by atoms with Gasteiger partial charge in [0.15, 0.2) is 0 Å². The van der Waals surface area contributed by atoms with E-state index in [0.717, 1.165) is 12.2 Å². The normalized spacial score (nSPS) is 24.8. The molecule has 1 aliphatic heterocycles. The summed E-state index contributed by atoms with van der Waals surface area (Å²) < 4.78 is 5.34. The van der Waals surface area contributed by atoms with E-state index in [1.54, 1.807) is 6.26 Å². The molecule has 1 aliphatic rings. The zero-order valence-corrected chi connectivity index (χ0v) is 8.12. The van der Waals surface area contributed by atoms with Crippen LogP contribution in [0.25, 0.3) is 0 Å². The molecule has 2 heteroatoms. The lowest BCUT2D eigenvalue weighted by atomic mass is 9.96. The molecule has 2 unspecified atom stereocenters. The van der Waals surface area contributed by atoms with E-state index in [1.165, 1.54) is 19.4 Å². The molecular weight excluding hydrogens is 162 g/mol.